The van der Waals surface area contributed by atoms with Crippen molar-refractivity contribution in [1.29, 1.82) is 0 Å². The molecule has 1 unspecified atom stereocenters. The van der Waals surface area contributed by atoms with Crippen molar-refractivity contribution in [2.24, 2.45) is 0 Å². The van der Waals surface area contributed by atoms with Gasteiger partial charge in [-0.2, -0.15) is 0 Å². The van der Waals surface area contributed by atoms with Crippen LogP contribution in [0.3, 0.4) is 0 Å². The van der Waals surface area contributed by atoms with Crippen molar-refractivity contribution in [3.05, 3.63) is 109 Å². The van der Waals surface area contributed by atoms with Crippen LogP contribution in [0.4, 0.5) is 0 Å². The Balaban J connectivity index is 4.26. The molecule has 0 amide bonds. The van der Waals surface area contributed by atoms with E-state index in [1.807, 2.05) is 0 Å². The first-order chi connectivity index (χ1) is 41.0. The Morgan fingerprint density at radius 2 is 0.470 bits per heavy atom. The average molecular weight is 1150 g/mol. The van der Waals surface area contributed by atoms with Crippen LogP contribution in [0.15, 0.2) is 109 Å². The molecule has 0 aliphatic heterocycles. The predicted octanol–water partition coefficient (Wildman–Crippen LogP) is 24.6. The summed E-state index contributed by atoms with van der Waals surface area (Å²) in [4.78, 5) is 38.4. The summed E-state index contributed by atoms with van der Waals surface area (Å²) in [5.74, 6) is -0.884. The first-order valence-electron chi connectivity index (χ1n) is 35.4. The molecule has 0 aromatic carbocycles. The van der Waals surface area contributed by atoms with E-state index in [0.29, 0.717) is 19.3 Å². The van der Waals surface area contributed by atoms with Crippen LogP contribution in [0.5, 0.6) is 0 Å². The predicted molar refractivity (Wildman–Crippen MR) is 362 cm³/mol. The van der Waals surface area contributed by atoms with Crippen LogP contribution in [0.25, 0.3) is 0 Å². The third-order valence-electron chi connectivity index (χ3n) is 15.3. The van der Waals surface area contributed by atoms with Crippen LogP contribution in [-0.4, -0.2) is 37.2 Å². The molecule has 0 aromatic heterocycles. The zero-order valence-electron chi connectivity index (χ0n) is 54.7. The summed E-state index contributed by atoms with van der Waals surface area (Å²) in [7, 11) is 0. The highest BCUT2D eigenvalue weighted by atomic mass is 16.6. The molecule has 0 rings (SSSR count). The summed E-state index contributed by atoms with van der Waals surface area (Å²) in [5.41, 5.74) is 0. The standard InChI is InChI=1S/C77H132O6/c1-4-7-10-13-16-19-22-25-27-29-31-33-34-35-36-37-38-39-40-41-42-43-44-45-47-48-50-52-55-58-61-64-67-70-76(79)82-73-74(72-81-75(78)69-66-63-60-57-54-24-21-18-15-12-9-6-3)83-77(80)71-68-65-62-59-56-53-51-49-46-32-30-28-26-23-20-17-14-11-8-5-2/h7,10,16,18-19,21,25,27,31,33,35-36,38-39,41-42,44-45,74H,4-6,8-9,11-15,17,20,22-24,26,28-30,32,34,37,40,43,46-73H2,1-3H3/b10-7-,19-16-,21-18-,27-25-,33-31-,36-35-,39-38-,42-41-,45-44-. The number of carbonyl (C=O) groups excluding carboxylic acids is 3. The first kappa shape index (κ1) is 79.1. The van der Waals surface area contributed by atoms with Gasteiger partial charge in [-0.25, -0.2) is 0 Å². The molecule has 0 N–H and O–H groups in total. The van der Waals surface area contributed by atoms with E-state index in [1.54, 1.807) is 0 Å². The zero-order chi connectivity index (χ0) is 59.9. The van der Waals surface area contributed by atoms with Gasteiger partial charge in [-0.05, 0) is 109 Å². The lowest BCUT2D eigenvalue weighted by Crippen LogP contribution is -2.30. The molecule has 6 heteroatoms. The molecule has 0 radical (unpaired) electrons. The van der Waals surface area contributed by atoms with Crippen LogP contribution >= 0.6 is 0 Å². The van der Waals surface area contributed by atoms with Gasteiger partial charge in [0.05, 0.1) is 0 Å². The van der Waals surface area contributed by atoms with Crippen molar-refractivity contribution in [3.8, 4) is 0 Å². The van der Waals surface area contributed by atoms with Gasteiger partial charge in [-0.15, -0.1) is 0 Å². The van der Waals surface area contributed by atoms with Gasteiger partial charge in [0, 0.05) is 19.3 Å². The molecule has 0 fully saturated rings. The molecule has 0 aromatic rings. The topological polar surface area (TPSA) is 78.9 Å². The van der Waals surface area contributed by atoms with Crippen LogP contribution in [0.1, 0.15) is 342 Å². The van der Waals surface area contributed by atoms with Gasteiger partial charge in [0.15, 0.2) is 6.10 Å². The number of allylic oxidation sites excluding steroid dienone is 18. The van der Waals surface area contributed by atoms with Gasteiger partial charge in [0.25, 0.3) is 0 Å². The lowest BCUT2D eigenvalue weighted by Gasteiger charge is -2.18. The summed E-state index contributed by atoms with van der Waals surface area (Å²) in [6.45, 7) is 6.53. The van der Waals surface area contributed by atoms with Crippen molar-refractivity contribution < 1.29 is 28.6 Å². The summed E-state index contributed by atoms with van der Waals surface area (Å²) < 4.78 is 17.0. The summed E-state index contributed by atoms with van der Waals surface area (Å²) in [6.07, 6.45) is 96.9. The van der Waals surface area contributed by atoms with E-state index in [0.717, 1.165) is 122 Å². The Morgan fingerprint density at radius 3 is 0.771 bits per heavy atom. The van der Waals surface area contributed by atoms with E-state index in [9.17, 15) is 14.4 Å². The number of rotatable bonds is 64. The van der Waals surface area contributed by atoms with Crippen LogP contribution in [-0.2, 0) is 28.6 Å². The molecule has 6 nitrogen and oxygen atoms in total. The number of ether oxygens (including phenoxy) is 3. The largest absolute Gasteiger partial charge is 0.462 e. The van der Waals surface area contributed by atoms with E-state index in [4.69, 9.17) is 14.2 Å². The van der Waals surface area contributed by atoms with Crippen molar-refractivity contribution in [3.63, 3.8) is 0 Å². The van der Waals surface area contributed by atoms with Crippen molar-refractivity contribution in [2.75, 3.05) is 13.2 Å². The second-order valence-corrected chi connectivity index (χ2v) is 23.4. The molecule has 476 valence electrons. The third kappa shape index (κ3) is 68.7. The minimum Gasteiger partial charge on any atom is -0.462 e. The molecular weight excluding hydrogens is 1020 g/mol. The molecule has 1 atom stereocenters. The van der Waals surface area contributed by atoms with E-state index in [1.165, 1.54) is 180 Å². The number of esters is 3. The first-order valence-corrected chi connectivity index (χ1v) is 35.4. The smallest absolute Gasteiger partial charge is 0.306 e. The molecule has 0 aliphatic carbocycles. The minimum atomic E-state index is -0.785. The fourth-order valence-electron chi connectivity index (χ4n) is 9.99. The summed E-state index contributed by atoms with van der Waals surface area (Å²) >= 11 is 0. The van der Waals surface area contributed by atoms with E-state index >= 15 is 0 Å². The van der Waals surface area contributed by atoms with Crippen LogP contribution in [0, 0.1) is 0 Å². The summed E-state index contributed by atoms with van der Waals surface area (Å²) in [6, 6.07) is 0. The van der Waals surface area contributed by atoms with Gasteiger partial charge in [-0.3, -0.25) is 14.4 Å². The van der Waals surface area contributed by atoms with Crippen molar-refractivity contribution >= 4 is 17.9 Å². The Morgan fingerprint density at radius 1 is 0.253 bits per heavy atom. The highest BCUT2D eigenvalue weighted by molar-refractivity contribution is 5.71. The third-order valence-corrected chi connectivity index (χ3v) is 15.3. The Hall–Kier alpha value is -3.93. The van der Waals surface area contributed by atoms with E-state index < -0.39 is 6.10 Å². The molecule has 0 saturated carbocycles. The molecular formula is C77H132O6. The van der Waals surface area contributed by atoms with Gasteiger partial charge < -0.3 is 14.2 Å². The number of carbonyl (C=O) groups is 3. The van der Waals surface area contributed by atoms with E-state index in [-0.39, 0.29) is 31.1 Å². The fourth-order valence-corrected chi connectivity index (χ4v) is 9.99. The normalized spacial score (nSPS) is 12.8. The van der Waals surface area contributed by atoms with Gasteiger partial charge in [0.1, 0.15) is 13.2 Å². The average Bonchev–Trinajstić information content (AvgIpc) is 3.49. The lowest BCUT2D eigenvalue weighted by molar-refractivity contribution is -0.167. The summed E-state index contributed by atoms with van der Waals surface area (Å²) in [5, 5.41) is 0. The molecule has 0 spiro atoms. The van der Waals surface area contributed by atoms with Gasteiger partial charge in [0.2, 0.25) is 0 Å². The lowest BCUT2D eigenvalue weighted by atomic mass is 10.0. The molecule has 0 aliphatic rings. The van der Waals surface area contributed by atoms with Crippen LogP contribution in [0.2, 0.25) is 0 Å². The maximum Gasteiger partial charge on any atom is 0.306 e. The van der Waals surface area contributed by atoms with Crippen molar-refractivity contribution in [2.45, 2.75) is 348 Å². The van der Waals surface area contributed by atoms with Gasteiger partial charge in [-0.1, -0.05) is 323 Å². The zero-order valence-corrected chi connectivity index (χ0v) is 54.7. The van der Waals surface area contributed by atoms with Crippen LogP contribution < -0.4 is 0 Å². The van der Waals surface area contributed by atoms with Crippen molar-refractivity contribution in [1.82, 2.24) is 0 Å². The maximum atomic E-state index is 12.9. The maximum absolute atomic E-state index is 12.9. The SMILES string of the molecule is CC/C=C\C/C=C\C/C=C\C/C=C\C/C=C\C/C=C\C/C=C\C/C=C\CCCCCCCCCCC(=O)OCC(COC(=O)CCCCCCC/C=C\CCCCC)OC(=O)CCCCCCCCCCCCCCCCCCCCCC. The Labute approximate surface area is 514 Å². The van der Waals surface area contributed by atoms with E-state index in [2.05, 4.69) is 130 Å². The number of hydrogen-bond acceptors (Lipinski definition) is 6. The quantitative estimate of drug-likeness (QED) is 0.0261. The van der Waals surface area contributed by atoms with Gasteiger partial charge >= 0.3 is 17.9 Å². The molecule has 0 heterocycles. The second-order valence-electron chi connectivity index (χ2n) is 23.4. The second kappa shape index (κ2) is 70.6. The number of unbranched alkanes of at least 4 members (excludes halogenated alkanes) is 35. The number of hydrogen-bond donors (Lipinski definition) is 0. The fraction of sp³-hybridized carbons (Fsp3) is 0.727. The minimum absolute atomic E-state index is 0.0817. The molecule has 0 bridgehead atoms. The Bertz CT molecular complexity index is 1660. The Kier molecular flexibility index (Phi) is 67.2. The monoisotopic (exact) mass is 1150 g/mol. The molecule has 83 heavy (non-hydrogen) atoms. The highest BCUT2D eigenvalue weighted by Crippen LogP contribution is 2.17. The highest BCUT2D eigenvalue weighted by Gasteiger charge is 2.19. The molecule has 0 saturated heterocycles.